The van der Waals surface area contributed by atoms with Crippen LogP contribution in [-0.4, -0.2) is 29.8 Å². The van der Waals surface area contributed by atoms with Crippen LogP contribution in [0.1, 0.15) is 16.2 Å². The zero-order chi connectivity index (χ0) is 20.8. The number of nitrogens with zero attached hydrogens (tertiary/aromatic N) is 2. The number of amides is 1. The summed E-state index contributed by atoms with van der Waals surface area (Å²) in [6.45, 7) is 0.402. The third-order valence-electron chi connectivity index (χ3n) is 4.66. The monoisotopic (exact) mass is 399 g/mol. The van der Waals surface area contributed by atoms with Crippen LogP contribution in [-0.2, 0) is 6.42 Å². The lowest BCUT2D eigenvalue weighted by atomic mass is 10.0. The number of methoxy groups -OCH3 is 1. The van der Waals surface area contributed by atoms with Gasteiger partial charge in [-0.15, -0.1) is 10.2 Å². The highest BCUT2D eigenvalue weighted by molar-refractivity contribution is 5.94. The Balaban J connectivity index is 1.32. The van der Waals surface area contributed by atoms with Gasteiger partial charge in [0.1, 0.15) is 5.75 Å². The first-order chi connectivity index (χ1) is 14.7. The highest BCUT2D eigenvalue weighted by Gasteiger charge is 2.11. The van der Waals surface area contributed by atoms with E-state index in [9.17, 15) is 4.79 Å². The minimum absolute atomic E-state index is 0.137. The molecule has 6 nitrogen and oxygen atoms in total. The van der Waals surface area contributed by atoms with Crippen molar-refractivity contribution in [3.05, 3.63) is 90.3 Å². The number of rotatable bonds is 7. The predicted octanol–water partition coefficient (Wildman–Crippen LogP) is 4.38. The molecule has 3 aromatic carbocycles. The fourth-order valence-corrected chi connectivity index (χ4v) is 3.06. The summed E-state index contributed by atoms with van der Waals surface area (Å²) in [5.41, 5.74) is 3.59. The number of hydrogen-bond donors (Lipinski definition) is 1. The first kappa shape index (κ1) is 19.4. The highest BCUT2D eigenvalue weighted by Crippen LogP contribution is 2.22. The van der Waals surface area contributed by atoms with Crippen LogP contribution < -0.4 is 10.1 Å². The third-order valence-corrected chi connectivity index (χ3v) is 4.66. The lowest BCUT2D eigenvalue weighted by Gasteiger charge is -2.05. The summed E-state index contributed by atoms with van der Waals surface area (Å²) in [6, 6.07) is 25.0. The SMILES string of the molecule is COc1cccc(-c2nnc(CCNC(=O)c3ccc(-c4ccccc4)cc3)o2)c1. The number of benzene rings is 3. The summed E-state index contributed by atoms with van der Waals surface area (Å²) in [7, 11) is 1.61. The Morgan fingerprint density at radius 3 is 2.40 bits per heavy atom. The smallest absolute Gasteiger partial charge is 0.251 e. The Morgan fingerprint density at radius 1 is 0.900 bits per heavy atom. The van der Waals surface area contributed by atoms with Crippen LogP contribution in [0.15, 0.2) is 83.3 Å². The molecule has 0 spiro atoms. The molecule has 150 valence electrons. The fraction of sp³-hybridized carbons (Fsp3) is 0.125. The largest absolute Gasteiger partial charge is 0.497 e. The van der Waals surface area contributed by atoms with Gasteiger partial charge in [-0.1, -0.05) is 48.5 Å². The van der Waals surface area contributed by atoms with Gasteiger partial charge >= 0.3 is 0 Å². The van der Waals surface area contributed by atoms with Crippen molar-refractivity contribution in [3.63, 3.8) is 0 Å². The van der Waals surface area contributed by atoms with Gasteiger partial charge in [0.05, 0.1) is 7.11 Å². The molecular weight excluding hydrogens is 378 g/mol. The van der Waals surface area contributed by atoms with E-state index < -0.39 is 0 Å². The van der Waals surface area contributed by atoms with E-state index in [1.54, 1.807) is 7.11 Å². The topological polar surface area (TPSA) is 77.3 Å². The minimum atomic E-state index is -0.137. The first-order valence-corrected chi connectivity index (χ1v) is 9.63. The van der Waals surface area contributed by atoms with E-state index in [0.717, 1.165) is 22.4 Å². The number of carbonyl (C=O) groups excluding carboxylic acids is 1. The summed E-state index contributed by atoms with van der Waals surface area (Å²) in [5.74, 6) is 1.47. The molecule has 1 amide bonds. The van der Waals surface area contributed by atoms with Crippen LogP contribution in [0.5, 0.6) is 5.75 Å². The normalized spacial score (nSPS) is 10.6. The number of ether oxygens (including phenoxy) is 1. The molecule has 0 saturated heterocycles. The third kappa shape index (κ3) is 4.55. The molecule has 30 heavy (non-hydrogen) atoms. The molecule has 0 aliphatic rings. The van der Waals surface area contributed by atoms with Crippen molar-refractivity contribution in [1.82, 2.24) is 15.5 Å². The van der Waals surface area contributed by atoms with E-state index >= 15 is 0 Å². The van der Waals surface area contributed by atoms with Gasteiger partial charge in [0, 0.05) is 24.1 Å². The molecule has 0 fully saturated rings. The van der Waals surface area contributed by atoms with Gasteiger partial charge in [0.15, 0.2) is 0 Å². The Hall–Kier alpha value is -3.93. The van der Waals surface area contributed by atoms with E-state index in [1.165, 1.54) is 0 Å². The fourth-order valence-electron chi connectivity index (χ4n) is 3.06. The van der Waals surface area contributed by atoms with Crippen molar-refractivity contribution < 1.29 is 13.9 Å². The summed E-state index contributed by atoms with van der Waals surface area (Å²) >= 11 is 0. The summed E-state index contributed by atoms with van der Waals surface area (Å²) < 4.78 is 10.9. The number of nitrogens with one attached hydrogen (secondary N) is 1. The van der Waals surface area contributed by atoms with Gasteiger partial charge in [-0.05, 0) is 41.5 Å². The molecule has 0 aliphatic heterocycles. The van der Waals surface area contributed by atoms with E-state index in [1.807, 2.05) is 78.9 Å². The maximum absolute atomic E-state index is 12.4. The second-order valence-electron chi connectivity index (χ2n) is 6.68. The molecule has 0 aliphatic carbocycles. The quantitative estimate of drug-likeness (QED) is 0.499. The summed E-state index contributed by atoms with van der Waals surface area (Å²) in [5, 5.41) is 11.0. The van der Waals surface area contributed by atoms with E-state index in [-0.39, 0.29) is 5.91 Å². The summed E-state index contributed by atoms with van der Waals surface area (Å²) in [4.78, 5) is 12.4. The molecule has 1 heterocycles. The van der Waals surface area contributed by atoms with Gasteiger partial charge in [-0.3, -0.25) is 4.79 Å². The maximum Gasteiger partial charge on any atom is 0.251 e. The van der Waals surface area contributed by atoms with Gasteiger partial charge in [-0.25, -0.2) is 0 Å². The molecule has 1 N–H and O–H groups in total. The molecule has 1 aromatic heterocycles. The Bertz CT molecular complexity index is 1120. The molecule has 0 bridgehead atoms. The minimum Gasteiger partial charge on any atom is -0.497 e. The van der Waals surface area contributed by atoms with Crippen LogP contribution in [0.25, 0.3) is 22.6 Å². The molecule has 0 saturated carbocycles. The van der Waals surface area contributed by atoms with Crippen LogP contribution >= 0.6 is 0 Å². The van der Waals surface area contributed by atoms with Gasteiger partial charge in [0.2, 0.25) is 11.8 Å². The molecule has 4 rings (SSSR count). The van der Waals surface area contributed by atoms with Crippen molar-refractivity contribution in [2.75, 3.05) is 13.7 Å². The molecule has 6 heteroatoms. The van der Waals surface area contributed by atoms with Crippen LogP contribution in [0.4, 0.5) is 0 Å². The first-order valence-electron chi connectivity index (χ1n) is 9.63. The second kappa shape index (κ2) is 9.05. The number of carbonyl (C=O) groups is 1. The van der Waals surface area contributed by atoms with E-state index in [4.69, 9.17) is 9.15 Å². The highest BCUT2D eigenvalue weighted by atomic mass is 16.5. The Morgan fingerprint density at radius 2 is 1.63 bits per heavy atom. The lowest BCUT2D eigenvalue weighted by molar-refractivity contribution is 0.0953. The van der Waals surface area contributed by atoms with E-state index in [0.29, 0.717) is 30.3 Å². The average molecular weight is 399 g/mol. The van der Waals surface area contributed by atoms with Gasteiger partial charge in [0.25, 0.3) is 5.91 Å². The molecular formula is C24H21N3O3. The predicted molar refractivity (Wildman–Crippen MR) is 114 cm³/mol. The number of hydrogen-bond acceptors (Lipinski definition) is 5. The molecule has 0 atom stereocenters. The second-order valence-corrected chi connectivity index (χ2v) is 6.68. The van der Waals surface area contributed by atoms with Crippen molar-refractivity contribution in [1.29, 1.82) is 0 Å². The van der Waals surface area contributed by atoms with Crippen molar-refractivity contribution >= 4 is 5.91 Å². The van der Waals surface area contributed by atoms with Crippen LogP contribution in [0.3, 0.4) is 0 Å². The van der Waals surface area contributed by atoms with Crippen molar-refractivity contribution in [2.45, 2.75) is 6.42 Å². The van der Waals surface area contributed by atoms with Gasteiger partial charge in [-0.2, -0.15) is 0 Å². The zero-order valence-electron chi connectivity index (χ0n) is 16.5. The standard InChI is InChI=1S/C24H21N3O3/c1-29-21-9-5-8-20(16-21)24-27-26-22(30-24)14-15-25-23(28)19-12-10-18(11-13-19)17-6-3-2-4-7-17/h2-13,16H,14-15H2,1H3,(H,25,28). The Labute approximate surface area is 174 Å². The van der Waals surface area contributed by atoms with Crippen molar-refractivity contribution in [2.24, 2.45) is 0 Å². The van der Waals surface area contributed by atoms with Crippen molar-refractivity contribution in [3.8, 4) is 28.3 Å². The summed E-state index contributed by atoms with van der Waals surface area (Å²) in [6.07, 6.45) is 0.449. The van der Waals surface area contributed by atoms with Crippen LogP contribution in [0.2, 0.25) is 0 Å². The average Bonchev–Trinajstić information content (AvgIpc) is 3.29. The molecule has 0 radical (unpaired) electrons. The lowest BCUT2D eigenvalue weighted by Crippen LogP contribution is -2.25. The Kier molecular flexibility index (Phi) is 5.85. The van der Waals surface area contributed by atoms with E-state index in [2.05, 4.69) is 15.5 Å². The zero-order valence-corrected chi connectivity index (χ0v) is 16.5. The van der Waals surface area contributed by atoms with Crippen LogP contribution in [0, 0.1) is 0 Å². The number of aromatic nitrogens is 2. The molecule has 4 aromatic rings. The van der Waals surface area contributed by atoms with Gasteiger partial charge < -0.3 is 14.5 Å². The maximum atomic E-state index is 12.4. The molecule has 0 unspecified atom stereocenters.